The molecule has 0 aliphatic heterocycles. The van der Waals surface area contributed by atoms with Gasteiger partial charge in [-0.05, 0) is 71.0 Å². The Morgan fingerprint density at radius 2 is 1.81 bits per heavy atom. The maximum Gasteiger partial charge on any atom is 0.374 e. The van der Waals surface area contributed by atoms with Gasteiger partial charge in [0.15, 0.2) is 0 Å². The van der Waals surface area contributed by atoms with Gasteiger partial charge in [0.1, 0.15) is 11.5 Å². The summed E-state index contributed by atoms with van der Waals surface area (Å²) in [7, 11) is 1.64. The average Bonchev–Trinajstić information content (AvgIpc) is 2.89. The van der Waals surface area contributed by atoms with Crippen molar-refractivity contribution in [2.75, 3.05) is 12.4 Å². The SMILES string of the molecule is COc1cccc(CC(C)(C)c2ccc(C(=O)OO)c(Nc3cc(-c4cccnc4)ccc3O)c2)c1. The smallest absolute Gasteiger partial charge is 0.374 e. The number of hydrogen-bond acceptors (Lipinski definition) is 7. The van der Waals surface area contributed by atoms with E-state index in [9.17, 15) is 9.90 Å². The Bertz CT molecular complexity index is 1370. The van der Waals surface area contributed by atoms with Crippen molar-refractivity contribution in [1.82, 2.24) is 4.98 Å². The topological polar surface area (TPSA) is 101 Å². The molecule has 0 fully saturated rings. The molecule has 0 amide bonds. The van der Waals surface area contributed by atoms with Crippen molar-refractivity contribution in [3.05, 3.63) is 102 Å². The Morgan fingerprint density at radius 3 is 2.53 bits per heavy atom. The number of phenolic OH excluding ortho intramolecular Hbond substituents is 1. The van der Waals surface area contributed by atoms with Crippen LogP contribution < -0.4 is 10.1 Å². The van der Waals surface area contributed by atoms with Gasteiger partial charge in [0.05, 0.1) is 24.0 Å². The van der Waals surface area contributed by atoms with E-state index < -0.39 is 5.97 Å². The zero-order valence-electron chi connectivity index (χ0n) is 20.4. The van der Waals surface area contributed by atoms with Crippen LogP contribution in [-0.4, -0.2) is 28.4 Å². The highest BCUT2D eigenvalue weighted by molar-refractivity contribution is 5.97. The van der Waals surface area contributed by atoms with Crippen molar-refractivity contribution in [3.63, 3.8) is 0 Å². The van der Waals surface area contributed by atoms with Crippen LogP contribution in [0.5, 0.6) is 11.5 Å². The minimum Gasteiger partial charge on any atom is -0.506 e. The molecular formula is C29H28N2O5. The third-order valence-corrected chi connectivity index (χ3v) is 6.14. The lowest BCUT2D eigenvalue weighted by atomic mass is 9.78. The van der Waals surface area contributed by atoms with E-state index in [0.29, 0.717) is 11.4 Å². The highest BCUT2D eigenvalue weighted by Crippen LogP contribution is 2.36. The van der Waals surface area contributed by atoms with Crippen molar-refractivity contribution in [2.24, 2.45) is 0 Å². The lowest BCUT2D eigenvalue weighted by Crippen LogP contribution is -2.21. The number of ether oxygens (including phenoxy) is 1. The normalized spacial score (nSPS) is 11.1. The first kappa shape index (κ1) is 24.8. The van der Waals surface area contributed by atoms with Crippen LogP contribution in [0.3, 0.4) is 0 Å². The Labute approximate surface area is 209 Å². The number of phenols is 1. The van der Waals surface area contributed by atoms with Gasteiger partial charge in [-0.15, -0.1) is 0 Å². The summed E-state index contributed by atoms with van der Waals surface area (Å²) in [5, 5.41) is 22.8. The van der Waals surface area contributed by atoms with Crippen molar-refractivity contribution in [3.8, 4) is 22.6 Å². The highest BCUT2D eigenvalue weighted by atomic mass is 17.1. The highest BCUT2D eigenvalue weighted by Gasteiger charge is 2.24. The van der Waals surface area contributed by atoms with Gasteiger partial charge in [-0.2, -0.15) is 5.26 Å². The van der Waals surface area contributed by atoms with Gasteiger partial charge in [0, 0.05) is 18.0 Å². The van der Waals surface area contributed by atoms with Crippen molar-refractivity contribution in [2.45, 2.75) is 25.7 Å². The minimum atomic E-state index is -0.905. The molecule has 7 nitrogen and oxygen atoms in total. The van der Waals surface area contributed by atoms with E-state index in [4.69, 9.17) is 9.99 Å². The van der Waals surface area contributed by atoms with Gasteiger partial charge < -0.3 is 15.2 Å². The van der Waals surface area contributed by atoms with Crippen LogP contribution in [0.25, 0.3) is 11.1 Å². The quantitative estimate of drug-likeness (QED) is 0.152. The van der Waals surface area contributed by atoms with Crippen molar-refractivity contribution >= 4 is 17.3 Å². The van der Waals surface area contributed by atoms with Gasteiger partial charge in [-0.25, -0.2) is 4.79 Å². The molecule has 0 aliphatic rings. The van der Waals surface area contributed by atoms with E-state index in [2.05, 4.69) is 29.0 Å². The molecule has 36 heavy (non-hydrogen) atoms. The number of carbonyl (C=O) groups is 1. The summed E-state index contributed by atoms with van der Waals surface area (Å²) in [6, 6.07) is 22.1. The number of hydrogen-bond donors (Lipinski definition) is 3. The predicted molar refractivity (Wildman–Crippen MR) is 139 cm³/mol. The number of benzene rings is 3. The molecule has 0 unspecified atom stereocenters. The maximum atomic E-state index is 12.3. The summed E-state index contributed by atoms with van der Waals surface area (Å²) in [6.07, 6.45) is 4.14. The fourth-order valence-electron chi connectivity index (χ4n) is 4.18. The fraction of sp³-hybridized carbons (Fsp3) is 0.172. The molecule has 0 aliphatic carbocycles. The second-order valence-electron chi connectivity index (χ2n) is 9.15. The molecule has 7 heteroatoms. The Morgan fingerprint density at radius 1 is 0.972 bits per heavy atom. The molecule has 1 aromatic heterocycles. The average molecular weight is 485 g/mol. The first-order chi connectivity index (χ1) is 17.3. The summed E-state index contributed by atoms with van der Waals surface area (Å²) in [5.74, 6) is -0.111. The minimum absolute atomic E-state index is 0.00648. The number of aromatic nitrogens is 1. The molecule has 4 rings (SSSR count). The number of carbonyl (C=O) groups excluding carboxylic acids is 1. The summed E-state index contributed by atoms with van der Waals surface area (Å²) >= 11 is 0. The van der Waals surface area contributed by atoms with Crippen LogP contribution in [-0.2, 0) is 16.7 Å². The lowest BCUT2D eigenvalue weighted by Gasteiger charge is -2.27. The standard InChI is InChI=1S/C29H28N2O5/c1-29(2,17-19-6-4-8-23(14-19)35-3)22-10-11-24(28(33)36-34)25(16-22)31-26-15-20(9-12-27(26)32)21-7-5-13-30-18-21/h4-16,18,31-32,34H,17H2,1-3H3. The Hall–Kier alpha value is -4.36. The van der Waals surface area contributed by atoms with Crippen LogP contribution in [0.1, 0.15) is 35.3 Å². The Kier molecular flexibility index (Phi) is 7.22. The molecule has 0 spiro atoms. The van der Waals surface area contributed by atoms with Crippen LogP contribution in [0, 0.1) is 0 Å². The van der Waals surface area contributed by atoms with Crippen LogP contribution >= 0.6 is 0 Å². The number of methoxy groups -OCH3 is 1. The number of rotatable bonds is 8. The van der Waals surface area contributed by atoms with Gasteiger partial charge in [-0.3, -0.25) is 9.87 Å². The van der Waals surface area contributed by atoms with Crippen LogP contribution in [0.4, 0.5) is 11.4 Å². The second kappa shape index (κ2) is 10.5. The largest absolute Gasteiger partial charge is 0.506 e. The zero-order chi connectivity index (χ0) is 25.7. The molecule has 0 saturated carbocycles. The molecular weight excluding hydrogens is 456 g/mol. The van der Waals surface area contributed by atoms with Crippen molar-refractivity contribution in [1.29, 1.82) is 0 Å². The molecule has 0 radical (unpaired) electrons. The molecule has 3 N–H and O–H groups in total. The summed E-state index contributed by atoms with van der Waals surface area (Å²) in [6.45, 7) is 4.21. The zero-order valence-corrected chi connectivity index (χ0v) is 20.4. The monoisotopic (exact) mass is 484 g/mol. The van der Waals surface area contributed by atoms with E-state index >= 15 is 0 Å². The van der Waals surface area contributed by atoms with Gasteiger partial charge in [-0.1, -0.05) is 44.2 Å². The van der Waals surface area contributed by atoms with Crippen LogP contribution in [0.15, 0.2) is 85.2 Å². The number of aromatic hydroxyl groups is 1. The van der Waals surface area contributed by atoms with Crippen molar-refractivity contribution < 1.29 is 24.8 Å². The summed E-state index contributed by atoms with van der Waals surface area (Å²) in [5.41, 5.74) is 4.37. The predicted octanol–water partition coefficient (Wildman–Crippen LogP) is 6.36. The van der Waals surface area contributed by atoms with Gasteiger partial charge in [0.2, 0.25) is 0 Å². The van der Waals surface area contributed by atoms with E-state index in [1.807, 2.05) is 48.5 Å². The lowest BCUT2D eigenvalue weighted by molar-refractivity contribution is -0.182. The second-order valence-corrected chi connectivity index (χ2v) is 9.15. The van der Waals surface area contributed by atoms with Gasteiger partial charge in [0.25, 0.3) is 0 Å². The molecule has 4 aromatic rings. The third-order valence-electron chi connectivity index (χ3n) is 6.14. The molecule has 0 saturated heterocycles. The first-order valence-corrected chi connectivity index (χ1v) is 11.4. The third kappa shape index (κ3) is 5.47. The molecule has 184 valence electrons. The molecule has 0 atom stereocenters. The maximum absolute atomic E-state index is 12.3. The van der Waals surface area contributed by atoms with E-state index in [1.165, 1.54) is 0 Å². The number of anilines is 2. The van der Waals surface area contributed by atoms with E-state index in [-0.39, 0.29) is 16.7 Å². The van der Waals surface area contributed by atoms with E-state index in [1.54, 1.807) is 43.8 Å². The number of pyridine rings is 1. The summed E-state index contributed by atoms with van der Waals surface area (Å²) < 4.78 is 5.36. The van der Waals surface area contributed by atoms with E-state index in [0.717, 1.165) is 34.4 Å². The Balaban J connectivity index is 1.71. The van der Waals surface area contributed by atoms with Gasteiger partial charge >= 0.3 is 5.97 Å². The number of nitrogens with zero attached hydrogens (tertiary/aromatic N) is 1. The first-order valence-electron chi connectivity index (χ1n) is 11.4. The molecule has 1 heterocycles. The fourth-order valence-corrected chi connectivity index (χ4v) is 4.18. The molecule has 0 bridgehead atoms. The molecule has 3 aromatic carbocycles. The van der Waals surface area contributed by atoms with Crippen LogP contribution in [0.2, 0.25) is 0 Å². The number of nitrogens with one attached hydrogen (secondary N) is 1. The summed E-state index contributed by atoms with van der Waals surface area (Å²) in [4.78, 5) is 20.5.